The number of benzene rings is 2. The van der Waals surface area contributed by atoms with Gasteiger partial charge in [0.25, 0.3) is 5.91 Å². The van der Waals surface area contributed by atoms with Gasteiger partial charge in [0.15, 0.2) is 6.61 Å². The van der Waals surface area contributed by atoms with Crippen LogP contribution < -0.4 is 10.1 Å². The summed E-state index contributed by atoms with van der Waals surface area (Å²) in [5.41, 5.74) is -0.703. The van der Waals surface area contributed by atoms with E-state index in [-0.39, 0.29) is 10.7 Å². The zero-order valence-electron chi connectivity index (χ0n) is 11.5. The molecule has 2 aromatic rings. The number of amides is 1. The van der Waals surface area contributed by atoms with E-state index in [9.17, 15) is 18.0 Å². The minimum absolute atomic E-state index is 0.247. The third kappa shape index (κ3) is 4.77. The minimum Gasteiger partial charge on any atom is -0.483 e. The smallest absolute Gasteiger partial charge is 0.419 e. The average Bonchev–Trinajstić information content (AvgIpc) is 2.48. The van der Waals surface area contributed by atoms with E-state index in [1.54, 1.807) is 0 Å². The van der Waals surface area contributed by atoms with Crippen LogP contribution in [0.3, 0.4) is 0 Å². The van der Waals surface area contributed by atoms with E-state index >= 15 is 0 Å². The van der Waals surface area contributed by atoms with E-state index in [0.29, 0.717) is 5.02 Å². The molecule has 3 nitrogen and oxygen atoms in total. The molecule has 122 valence electrons. The first-order valence-corrected chi connectivity index (χ1v) is 7.07. The van der Waals surface area contributed by atoms with Crippen LogP contribution in [0, 0.1) is 0 Å². The fourth-order valence-electron chi connectivity index (χ4n) is 1.75. The van der Waals surface area contributed by atoms with Crippen LogP contribution in [0.25, 0.3) is 0 Å². The Morgan fingerprint density at radius 2 is 1.83 bits per heavy atom. The van der Waals surface area contributed by atoms with E-state index in [2.05, 4.69) is 5.32 Å². The molecule has 23 heavy (non-hydrogen) atoms. The number of hydrogen-bond acceptors (Lipinski definition) is 2. The zero-order chi connectivity index (χ0) is 17.0. The van der Waals surface area contributed by atoms with Gasteiger partial charge >= 0.3 is 6.18 Å². The number of ether oxygens (including phenoxy) is 1. The molecule has 0 heterocycles. The second-order valence-corrected chi connectivity index (χ2v) is 5.30. The van der Waals surface area contributed by atoms with Crippen molar-refractivity contribution in [3.8, 4) is 5.75 Å². The van der Waals surface area contributed by atoms with Gasteiger partial charge in [-0.2, -0.15) is 13.2 Å². The molecule has 0 atom stereocenters. The van der Waals surface area contributed by atoms with Crippen LogP contribution in [0.5, 0.6) is 5.75 Å². The number of para-hydroxylation sites is 1. The van der Waals surface area contributed by atoms with Crippen LogP contribution in [0.4, 0.5) is 18.9 Å². The maximum absolute atomic E-state index is 12.8. The number of nitrogens with one attached hydrogen (secondary N) is 1. The topological polar surface area (TPSA) is 38.3 Å². The normalized spacial score (nSPS) is 11.2. The zero-order valence-corrected chi connectivity index (χ0v) is 13.0. The largest absolute Gasteiger partial charge is 0.483 e. The summed E-state index contributed by atoms with van der Waals surface area (Å²) in [6, 6.07) is 9.09. The molecule has 0 saturated heterocycles. The molecule has 0 aliphatic rings. The van der Waals surface area contributed by atoms with Gasteiger partial charge in [-0.25, -0.2) is 0 Å². The first-order valence-electron chi connectivity index (χ1n) is 6.31. The van der Waals surface area contributed by atoms with Crippen molar-refractivity contribution in [2.75, 3.05) is 11.9 Å². The van der Waals surface area contributed by atoms with Gasteiger partial charge in [-0.1, -0.05) is 35.3 Å². The Labute approximate surface area is 140 Å². The summed E-state index contributed by atoms with van der Waals surface area (Å²) in [4.78, 5) is 11.8. The third-order valence-electron chi connectivity index (χ3n) is 2.75. The summed E-state index contributed by atoms with van der Waals surface area (Å²) in [5.74, 6) is -1.08. The van der Waals surface area contributed by atoms with Crippen LogP contribution in [0.2, 0.25) is 10.0 Å². The number of hydrogen-bond donors (Lipinski definition) is 1. The van der Waals surface area contributed by atoms with Gasteiger partial charge in [-0.05, 0) is 30.3 Å². The van der Waals surface area contributed by atoms with Crippen molar-refractivity contribution in [1.82, 2.24) is 0 Å². The number of alkyl halides is 3. The summed E-state index contributed by atoms with van der Waals surface area (Å²) in [5, 5.41) is 3.02. The lowest BCUT2D eigenvalue weighted by Gasteiger charge is -2.14. The molecule has 0 aromatic heterocycles. The second kappa shape index (κ2) is 7.10. The molecule has 0 radical (unpaired) electrons. The quantitative estimate of drug-likeness (QED) is 0.827. The summed E-state index contributed by atoms with van der Waals surface area (Å²) in [6.45, 7) is -0.601. The van der Waals surface area contributed by atoms with Gasteiger partial charge < -0.3 is 10.1 Å². The Hall–Kier alpha value is -1.92. The summed E-state index contributed by atoms with van der Waals surface area (Å²) < 4.78 is 43.4. The lowest BCUT2D eigenvalue weighted by atomic mass is 10.2. The maximum Gasteiger partial charge on any atom is 0.419 e. The predicted octanol–water partition coefficient (Wildman–Crippen LogP) is 5.03. The molecule has 1 amide bonds. The van der Waals surface area contributed by atoms with Crippen molar-refractivity contribution in [2.45, 2.75) is 6.18 Å². The standard InChI is InChI=1S/C15H10Cl2F3NO2/c16-9-5-6-11(17)12(7-9)21-14(22)8-23-13-4-2-1-3-10(13)15(18,19)20/h1-7H,8H2,(H,21,22). The average molecular weight is 364 g/mol. The summed E-state index contributed by atoms with van der Waals surface area (Å²) in [7, 11) is 0. The third-order valence-corrected chi connectivity index (χ3v) is 3.32. The van der Waals surface area contributed by atoms with Crippen molar-refractivity contribution in [3.05, 3.63) is 58.1 Å². The van der Waals surface area contributed by atoms with Crippen molar-refractivity contribution < 1.29 is 22.7 Å². The monoisotopic (exact) mass is 363 g/mol. The Balaban J connectivity index is 2.04. The van der Waals surface area contributed by atoms with E-state index in [1.165, 1.54) is 30.3 Å². The highest BCUT2D eigenvalue weighted by atomic mass is 35.5. The molecular formula is C15H10Cl2F3NO2. The lowest BCUT2D eigenvalue weighted by molar-refractivity contribution is -0.139. The van der Waals surface area contributed by atoms with Crippen LogP contribution in [0.1, 0.15) is 5.56 Å². The van der Waals surface area contributed by atoms with Gasteiger partial charge in [0, 0.05) is 5.02 Å². The molecule has 0 aliphatic carbocycles. The minimum atomic E-state index is -4.57. The number of carbonyl (C=O) groups is 1. The van der Waals surface area contributed by atoms with Crippen molar-refractivity contribution in [3.63, 3.8) is 0 Å². The fourth-order valence-corrected chi connectivity index (χ4v) is 2.09. The van der Waals surface area contributed by atoms with E-state index in [0.717, 1.165) is 12.1 Å². The number of halogens is 5. The first kappa shape index (κ1) is 17.4. The highest BCUT2D eigenvalue weighted by Crippen LogP contribution is 2.35. The molecule has 2 aromatic carbocycles. The van der Waals surface area contributed by atoms with Gasteiger partial charge in [0.05, 0.1) is 16.3 Å². The number of rotatable bonds is 4. The highest BCUT2D eigenvalue weighted by molar-refractivity contribution is 6.35. The molecule has 0 saturated carbocycles. The van der Waals surface area contributed by atoms with Gasteiger partial charge in [-0.15, -0.1) is 0 Å². The first-order chi connectivity index (χ1) is 10.8. The summed E-state index contributed by atoms with van der Waals surface area (Å²) in [6.07, 6.45) is -4.57. The Bertz CT molecular complexity index is 720. The summed E-state index contributed by atoms with van der Waals surface area (Å²) >= 11 is 11.7. The Kier molecular flexibility index (Phi) is 5.38. The highest BCUT2D eigenvalue weighted by Gasteiger charge is 2.34. The molecule has 0 fully saturated rings. The number of anilines is 1. The van der Waals surface area contributed by atoms with Crippen LogP contribution in [0.15, 0.2) is 42.5 Å². The van der Waals surface area contributed by atoms with Crippen LogP contribution in [-0.2, 0) is 11.0 Å². The van der Waals surface area contributed by atoms with E-state index in [1.807, 2.05) is 0 Å². The van der Waals surface area contributed by atoms with E-state index in [4.69, 9.17) is 27.9 Å². The van der Waals surface area contributed by atoms with Gasteiger partial charge in [0.1, 0.15) is 5.75 Å². The van der Waals surface area contributed by atoms with E-state index < -0.39 is 30.0 Å². The molecule has 2 rings (SSSR count). The predicted molar refractivity (Wildman–Crippen MR) is 82.0 cm³/mol. The Morgan fingerprint density at radius 1 is 1.13 bits per heavy atom. The van der Waals surface area contributed by atoms with Gasteiger partial charge in [-0.3, -0.25) is 4.79 Å². The SMILES string of the molecule is O=C(COc1ccccc1C(F)(F)F)Nc1cc(Cl)ccc1Cl. The second-order valence-electron chi connectivity index (χ2n) is 4.45. The maximum atomic E-state index is 12.8. The molecule has 0 unspecified atom stereocenters. The Morgan fingerprint density at radius 3 is 2.52 bits per heavy atom. The molecule has 0 spiro atoms. The molecule has 8 heteroatoms. The van der Waals surface area contributed by atoms with Crippen molar-refractivity contribution in [1.29, 1.82) is 0 Å². The fraction of sp³-hybridized carbons (Fsp3) is 0.133. The van der Waals surface area contributed by atoms with Crippen molar-refractivity contribution >= 4 is 34.8 Å². The molecule has 0 bridgehead atoms. The molecule has 1 N–H and O–H groups in total. The lowest BCUT2D eigenvalue weighted by Crippen LogP contribution is -2.21. The number of carbonyl (C=O) groups excluding carboxylic acids is 1. The molecule has 0 aliphatic heterocycles. The molecular weight excluding hydrogens is 354 g/mol. The van der Waals surface area contributed by atoms with Gasteiger partial charge in [0.2, 0.25) is 0 Å². The van der Waals surface area contributed by atoms with Crippen LogP contribution >= 0.6 is 23.2 Å². The van der Waals surface area contributed by atoms with Crippen LogP contribution in [-0.4, -0.2) is 12.5 Å². The van der Waals surface area contributed by atoms with Crippen molar-refractivity contribution in [2.24, 2.45) is 0 Å².